The Labute approximate surface area is 142 Å². The predicted molar refractivity (Wildman–Crippen MR) is 91.0 cm³/mol. The number of rotatable bonds is 6. The summed E-state index contributed by atoms with van der Waals surface area (Å²) in [6, 6.07) is 10.7. The number of ether oxygens (including phenoxy) is 1. The second-order valence-electron chi connectivity index (χ2n) is 4.55. The van der Waals surface area contributed by atoms with Gasteiger partial charge in [-0.2, -0.15) is 0 Å². The first-order valence-corrected chi connectivity index (χ1v) is 7.86. The van der Waals surface area contributed by atoms with Gasteiger partial charge in [0.25, 0.3) is 0 Å². The molecule has 6 heteroatoms. The van der Waals surface area contributed by atoms with Crippen molar-refractivity contribution < 1.29 is 14.6 Å². The van der Waals surface area contributed by atoms with Crippen molar-refractivity contribution in [1.82, 2.24) is 0 Å². The van der Waals surface area contributed by atoms with Gasteiger partial charge in [0.2, 0.25) is 0 Å². The topological polar surface area (TPSA) is 58.6 Å². The number of anilines is 1. The first kappa shape index (κ1) is 16.6. The number of halogens is 2. The lowest BCUT2D eigenvalue weighted by Gasteiger charge is -2.10. The highest BCUT2D eigenvalue weighted by Crippen LogP contribution is 2.27. The van der Waals surface area contributed by atoms with Crippen LogP contribution in [-0.2, 0) is 6.54 Å². The summed E-state index contributed by atoms with van der Waals surface area (Å²) < 4.78 is 6.35. The van der Waals surface area contributed by atoms with Crippen LogP contribution in [0.1, 0.15) is 22.8 Å². The first-order valence-electron chi connectivity index (χ1n) is 6.69. The summed E-state index contributed by atoms with van der Waals surface area (Å²) in [6.45, 7) is 3.10. The van der Waals surface area contributed by atoms with Crippen LogP contribution < -0.4 is 10.1 Å². The highest BCUT2D eigenvalue weighted by Gasteiger charge is 2.09. The van der Waals surface area contributed by atoms with Gasteiger partial charge in [0.1, 0.15) is 5.75 Å². The molecule has 0 fully saturated rings. The van der Waals surface area contributed by atoms with Crippen molar-refractivity contribution in [2.75, 3.05) is 11.9 Å². The van der Waals surface area contributed by atoms with Crippen LogP contribution in [0.2, 0.25) is 5.02 Å². The largest absolute Gasteiger partial charge is 0.493 e. The molecule has 0 bridgehead atoms. The number of benzene rings is 2. The minimum Gasteiger partial charge on any atom is -0.493 e. The predicted octanol–water partition coefficient (Wildman–Crippen LogP) is 4.81. The summed E-state index contributed by atoms with van der Waals surface area (Å²) >= 11 is 9.31. The molecule has 0 saturated heterocycles. The van der Waals surface area contributed by atoms with Gasteiger partial charge in [0.05, 0.1) is 21.7 Å². The zero-order valence-corrected chi connectivity index (χ0v) is 14.2. The molecule has 0 aromatic heterocycles. The van der Waals surface area contributed by atoms with Crippen LogP contribution in [0.3, 0.4) is 0 Å². The van der Waals surface area contributed by atoms with Gasteiger partial charge in [-0.1, -0.05) is 17.7 Å². The second-order valence-corrected chi connectivity index (χ2v) is 5.81. The smallest absolute Gasteiger partial charge is 0.337 e. The van der Waals surface area contributed by atoms with E-state index in [-0.39, 0.29) is 10.6 Å². The number of carboxylic acid groups (broad SMARTS) is 1. The van der Waals surface area contributed by atoms with Crippen LogP contribution in [0, 0.1) is 0 Å². The van der Waals surface area contributed by atoms with Gasteiger partial charge in [-0.25, -0.2) is 4.79 Å². The molecule has 0 aliphatic rings. The van der Waals surface area contributed by atoms with Gasteiger partial charge in [-0.05, 0) is 58.7 Å². The quantitative estimate of drug-likeness (QED) is 0.750. The minimum absolute atomic E-state index is 0.0829. The fourth-order valence-electron chi connectivity index (χ4n) is 1.93. The maximum atomic E-state index is 11.1. The molecule has 2 rings (SSSR count). The molecule has 0 unspecified atom stereocenters. The van der Waals surface area contributed by atoms with Crippen LogP contribution >= 0.6 is 27.5 Å². The number of carbonyl (C=O) groups is 1. The van der Waals surface area contributed by atoms with E-state index in [1.807, 2.05) is 25.1 Å². The monoisotopic (exact) mass is 383 g/mol. The third-order valence-electron chi connectivity index (χ3n) is 2.99. The molecule has 0 heterocycles. The summed E-state index contributed by atoms with van der Waals surface area (Å²) in [5.74, 6) is -0.247. The zero-order valence-electron chi connectivity index (χ0n) is 11.9. The van der Waals surface area contributed by atoms with Crippen molar-refractivity contribution in [2.24, 2.45) is 0 Å². The Kier molecular flexibility index (Phi) is 5.69. The Morgan fingerprint density at radius 2 is 2.09 bits per heavy atom. The van der Waals surface area contributed by atoms with E-state index in [0.29, 0.717) is 18.8 Å². The molecule has 0 atom stereocenters. The Bertz CT molecular complexity index is 691. The molecule has 4 nitrogen and oxygen atoms in total. The van der Waals surface area contributed by atoms with Crippen molar-refractivity contribution >= 4 is 39.2 Å². The Morgan fingerprint density at radius 3 is 2.73 bits per heavy atom. The fourth-order valence-corrected chi connectivity index (χ4v) is 2.67. The number of hydrogen-bond acceptors (Lipinski definition) is 3. The van der Waals surface area contributed by atoms with E-state index in [9.17, 15) is 4.79 Å². The van der Waals surface area contributed by atoms with Crippen molar-refractivity contribution in [1.29, 1.82) is 0 Å². The Morgan fingerprint density at radius 1 is 1.32 bits per heavy atom. The molecule has 0 aliphatic heterocycles. The van der Waals surface area contributed by atoms with Crippen molar-refractivity contribution in [2.45, 2.75) is 13.5 Å². The lowest BCUT2D eigenvalue weighted by molar-refractivity contribution is 0.0697. The average molecular weight is 385 g/mol. The number of hydrogen-bond donors (Lipinski definition) is 2. The van der Waals surface area contributed by atoms with E-state index in [0.717, 1.165) is 15.8 Å². The van der Waals surface area contributed by atoms with E-state index in [2.05, 4.69) is 21.2 Å². The van der Waals surface area contributed by atoms with E-state index in [4.69, 9.17) is 21.4 Å². The highest BCUT2D eigenvalue weighted by atomic mass is 79.9. The van der Waals surface area contributed by atoms with E-state index in [1.165, 1.54) is 6.07 Å². The van der Waals surface area contributed by atoms with Crippen molar-refractivity contribution in [3.63, 3.8) is 0 Å². The maximum Gasteiger partial charge on any atom is 0.337 e. The molecule has 0 aliphatic carbocycles. The van der Waals surface area contributed by atoms with Crippen molar-refractivity contribution in [3.8, 4) is 5.75 Å². The van der Waals surface area contributed by atoms with Crippen molar-refractivity contribution in [3.05, 3.63) is 57.0 Å². The molecule has 0 radical (unpaired) electrons. The van der Waals surface area contributed by atoms with Crippen LogP contribution in [0.4, 0.5) is 5.69 Å². The molecule has 22 heavy (non-hydrogen) atoms. The average Bonchev–Trinajstić information content (AvgIpc) is 2.49. The summed E-state index contributed by atoms with van der Waals surface area (Å²) in [5.41, 5.74) is 1.83. The normalized spacial score (nSPS) is 10.3. The molecular weight excluding hydrogens is 370 g/mol. The molecule has 2 aromatic rings. The van der Waals surface area contributed by atoms with Crippen LogP contribution in [0.5, 0.6) is 5.75 Å². The number of aromatic carboxylic acids is 1. The van der Waals surface area contributed by atoms with E-state index < -0.39 is 5.97 Å². The summed E-state index contributed by atoms with van der Waals surface area (Å²) in [7, 11) is 0. The van der Waals surface area contributed by atoms with Crippen LogP contribution in [0.25, 0.3) is 0 Å². The fraction of sp³-hybridized carbons (Fsp3) is 0.188. The summed E-state index contributed by atoms with van der Waals surface area (Å²) in [5, 5.41) is 12.5. The SMILES string of the molecule is CCOc1ccc(CNc2ccc(Cl)c(C(=O)O)c2)cc1Br. The summed E-state index contributed by atoms with van der Waals surface area (Å²) in [6.07, 6.45) is 0. The Balaban J connectivity index is 2.08. The number of nitrogens with one attached hydrogen (secondary N) is 1. The van der Waals surface area contributed by atoms with Gasteiger partial charge in [0, 0.05) is 12.2 Å². The van der Waals surface area contributed by atoms with Crippen LogP contribution in [-0.4, -0.2) is 17.7 Å². The van der Waals surface area contributed by atoms with Gasteiger partial charge in [-0.15, -0.1) is 0 Å². The molecule has 2 N–H and O–H groups in total. The molecule has 0 amide bonds. The van der Waals surface area contributed by atoms with E-state index in [1.54, 1.807) is 12.1 Å². The molecule has 0 spiro atoms. The first-order chi connectivity index (χ1) is 10.5. The second kappa shape index (κ2) is 7.51. The summed E-state index contributed by atoms with van der Waals surface area (Å²) in [4.78, 5) is 11.1. The molecule has 2 aromatic carbocycles. The lowest BCUT2D eigenvalue weighted by atomic mass is 10.2. The van der Waals surface area contributed by atoms with Gasteiger partial charge >= 0.3 is 5.97 Å². The van der Waals surface area contributed by atoms with Crippen LogP contribution in [0.15, 0.2) is 40.9 Å². The molecule has 116 valence electrons. The molecule has 0 saturated carbocycles. The minimum atomic E-state index is -1.04. The standard InChI is InChI=1S/C16H15BrClNO3/c1-2-22-15-6-3-10(7-13(15)17)9-19-11-4-5-14(18)12(8-11)16(20)21/h3-8,19H,2,9H2,1H3,(H,20,21). The Hall–Kier alpha value is -1.72. The zero-order chi connectivity index (χ0) is 16.1. The highest BCUT2D eigenvalue weighted by molar-refractivity contribution is 9.10. The van der Waals surface area contributed by atoms with Gasteiger partial charge in [0.15, 0.2) is 0 Å². The third kappa shape index (κ3) is 4.15. The van der Waals surface area contributed by atoms with Gasteiger partial charge < -0.3 is 15.2 Å². The number of carboxylic acids is 1. The third-order valence-corrected chi connectivity index (χ3v) is 3.94. The van der Waals surface area contributed by atoms with Gasteiger partial charge in [-0.3, -0.25) is 0 Å². The lowest BCUT2D eigenvalue weighted by Crippen LogP contribution is -2.03. The van der Waals surface area contributed by atoms with E-state index >= 15 is 0 Å². The molecular formula is C16H15BrClNO3. The maximum absolute atomic E-state index is 11.1.